The zero-order valence-corrected chi connectivity index (χ0v) is 10.9. The van der Waals surface area contributed by atoms with Crippen molar-refractivity contribution >= 4 is 5.82 Å². The van der Waals surface area contributed by atoms with E-state index in [0.29, 0.717) is 12.5 Å². The van der Waals surface area contributed by atoms with E-state index in [1.54, 1.807) is 0 Å². The summed E-state index contributed by atoms with van der Waals surface area (Å²) in [5, 5.41) is 12.4. The van der Waals surface area contributed by atoms with Gasteiger partial charge in [-0.2, -0.15) is 0 Å². The van der Waals surface area contributed by atoms with E-state index in [2.05, 4.69) is 15.3 Å². The summed E-state index contributed by atoms with van der Waals surface area (Å²) in [5.41, 5.74) is 0.895. The van der Waals surface area contributed by atoms with Crippen LogP contribution in [0.3, 0.4) is 0 Å². The van der Waals surface area contributed by atoms with Crippen LogP contribution in [-0.4, -0.2) is 34.3 Å². The fourth-order valence-electron chi connectivity index (χ4n) is 1.38. The largest absolute Gasteiger partial charge is 0.478 e. The SMILES string of the molecule is CCOc1ncnc(NC(C)C(C)CO)c1C. The predicted molar refractivity (Wildman–Crippen MR) is 67.3 cm³/mol. The topological polar surface area (TPSA) is 67.3 Å². The molecular weight excluding hydrogens is 218 g/mol. The second-order valence-electron chi connectivity index (χ2n) is 4.18. The smallest absolute Gasteiger partial charge is 0.221 e. The molecule has 5 heteroatoms. The van der Waals surface area contributed by atoms with Crippen molar-refractivity contribution in [1.29, 1.82) is 0 Å². The number of rotatable bonds is 6. The van der Waals surface area contributed by atoms with Crippen LogP contribution in [0.5, 0.6) is 5.88 Å². The van der Waals surface area contributed by atoms with Crippen molar-refractivity contribution in [3.05, 3.63) is 11.9 Å². The molecule has 0 aliphatic carbocycles. The van der Waals surface area contributed by atoms with E-state index in [0.717, 1.165) is 11.4 Å². The van der Waals surface area contributed by atoms with Crippen LogP contribution in [0.15, 0.2) is 6.33 Å². The average molecular weight is 239 g/mol. The first-order valence-corrected chi connectivity index (χ1v) is 5.91. The molecule has 2 atom stereocenters. The molecule has 5 nitrogen and oxygen atoms in total. The Labute approximate surface area is 102 Å². The first kappa shape index (κ1) is 13.7. The summed E-state index contributed by atoms with van der Waals surface area (Å²) in [6.07, 6.45) is 1.48. The molecule has 0 saturated carbocycles. The number of anilines is 1. The Balaban J connectivity index is 2.80. The standard InChI is InChI=1S/C12H21N3O2/c1-5-17-12-9(3)11(13-7-14-12)15-10(4)8(2)6-16/h7-8,10,16H,5-6H2,1-4H3,(H,13,14,15). The van der Waals surface area contributed by atoms with Crippen LogP contribution < -0.4 is 10.1 Å². The lowest BCUT2D eigenvalue weighted by molar-refractivity contribution is 0.226. The fraction of sp³-hybridized carbons (Fsp3) is 0.667. The van der Waals surface area contributed by atoms with E-state index < -0.39 is 0 Å². The molecular formula is C12H21N3O2. The Hall–Kier alpha value is -1.36. The number of hydrogen-bond donors (Lipinski definition) is 2. The lowest BCUT2D eigenvalue weighted by atomic mass is 10.1. The number of hydrogen-bond acceptors (Lipinski definition) is 5. The highest BCUT2D eigenvalue weighted by Gasteiger charge is 2.14. The summed E-state index contributed by atoms with van der Waals surface area (Å²) in [5.74, 6) is 1.53. The number of ether oxygens (including phenoxy) is 1. The molecule has 0 bridgehead atoms. The number of aromatic nitrogens is 2. The molecule has 1 rings (SSSR count). The number of nitrogens with zero attached hydrogens (tertiary/aromatic N) is 2. The van der Waals surface area contributed by atoms with E-state index in [1.165, 1.54) is 6.33 Å². The molecule has 0 aliphatic heterocycles. The van der Waals surface area contributed by atoms with Crippen LogP contribution in [-0.2, 0) is 0 Å². The normalized spacial score (nSPS) is 14.2. The average Bonchev–Trinajstić information content (AvgIpc) is 2.33. The minimum absolute atomic E-state index is 0.142. The van der Waals surface area contributed by atoms with Gasteiger partial charge in [0.25, 0.3) is 0 Å². The van der Waals surface area contributed by atoms with Gasteiger partial charge in [0.1, 0.15) is 12.1 Å². The first-order valence-electron chi connectivity index (χ1n) is 5.91. The summed E-state index contributed by atoms with van der Waals surface area (Å²) in [4.78, 5) is 8.27. The van der Waals surface area contributed by atoms with Crippen LogP contribution in [0.25, 0.3) is 0 Å². The molecule has 0 spiro atoms. The summed E-state index contributed by atoms with van der Waals surface area (Å²) in [6, 6.07) is 0.142. The van der Waals surface area contributed by atoms with Crippen LogP contribution in [0, 0.1) is 12.8 Å². The highest BCUT2D eigenvalue weighted by molar-refractivity contribution is 5.48. The second-order valence-corrected chi connectivity index (χ2v) is 4.18. The van der Waals surface area contributed by atoms with Crippen LogP contribution in [0.4, 0.5) is 5.82 Å². The highest BCUT2D eigenvalue weighted by Crippen LogP contribution is 2.21. The molecule has 1 heterocycles. The molecule has 2 N–H and O–H groups in total. The summed E-state index contributed by atoms with van der Waals surface area (Å²) in [6.45, 7) is 8.58. The third kappa shape index (κ3) is 3.56. The van der Waals surface area contributed by atoms with Gasteiger partial charge in [0.15, 0.2) is 0 Å². The summed E-state index contributed by atoms with van der Waals surface area (Å²) >= 11 is 0. The molecule has 0 aliphatic rings. The van der Waals surface area contributed by atoms with Crippen molar-refractivity contribution in [1.82, 2.24) is 9.97 Å². The molecule has 0 saturated heterocycles. The first-order chi connectivity index (χ1) is 8.10. The van der Waals surface area contributed by atoms with Gasteiger partial charge in [-0.05, 0) is 26.7 Å². The van der Waals surface area contributed by atoms with E-state index in [9.17, 15) is 0 Å². The van der Waals surface area contributed by atoms with E-state index >= 15 is 0 Å². The van der Waals surface area contributed by atoms with Crippen molar-refractivity contribution in [3.63, 3.8) is 0 Å². The Morgan fingerprint density at radius 3 is 2.71 bits per heavy atom. The van der Waals surface area contributed by atoms with Crippen molar-refractivity contribution in [2.75, 3.05) is 18.5 Å². The molecule has 0 fully saturated rings. The Kier molecular flexibility index (Phi) is 5.15. The van der Waals surface area contributed by atoms with Gasteiger partial charge in [0.2, 0.25) is 5.88 Å². The fourth-order valence-corrected chi connectivity index (χ4v) is 1.38. The van der Waals surface area contributed by atoms with Gasteiger partial charge in [-0.25, -0.2) is 9.97 Å². The summed E-state index contributed by atoms with van der Waals surface area (Å²) < 4.78 is 5.41. The zero-order valence-electron chi connectivity index (χ0n) is 10.9. The van der Waals surface area contributed by atoms with Gasteiger partial charge in [0, 0.05) is 12.6 Å². The Morgan fingerprint density at radius 1 is 1.41 bits per heavy atom. The lowest BCUT2D eigenvalue weighted by Gasteiger charge is -2.21. The van der Waals surface area contributed by atoms with Crippen molar-refractivity contribution in [2.45, 2.75) is 33.7 Å². The minimum Gasteiger partial charge on any atom is -0.478 e. The Bertz CT molecular complexity index is 358. The molecule has 0 radical (unpaired) electrons. The van der Waals surface area contributed by atoms with Crippen molar-refractivity contribution in [2.24, 2.45) is 5.92 Å². The van der Waals surface area contributed by atoms with Crippen LogP contribution >= 0.6 is 0 Å². The summed E-state index contributed by atoms with van der Waals surface area (Å²) in [7, 11) is 0. The van der Waals surface area contributed by atoms with Gasteiger partial charge < -0.3 is 15.2 Å². The van der Waals surface area contributed by atoms with Gasteiger partial charge in [-0.3, -0.25) is 0 Å². The monoisotopic (exact) mass is 239 g/mol. The molecule has 0 amide bonds. The van der Waals surface area contributed by atoms with Crippen LogP contribution in [0.1, 0.15) is 26.3 Å². The van der Waals surface area contributed by atoms with Crippen LogP contribution in [0.2, 0.25) is 0 Å². The molecule has 96 valence electrons. The minimum atomic E-state index is 0.142. The second kappa shape index (κ2) is 6.39. The Morgan fingerprint density at radius 2 is 2.12 bits per heavy atom. The highest BCUT2D eigenvalue weighted by atomic mass is 16.5. The maximum Gasteiger partial charge on any atom is 0.221 e. The van der Waals surface area contributed by atoms with Crippen molar-refractivity contribution in [3.8, 4) is 5.88 Å². The maximum absolute atomic E-state index is 9.09. The van der Waals surface area contributed by atoms with Gasteiger partial charge in [0.05, 0.1) is 12.2 Å². The zero-order chi connectivity index (χ0) is 12.8. The maximum atomic E-state index is 9.09. The number of nitrogens with one attached hydrogen (secondary N) is 1. The molecule has 17 heavy (non-hydrogen) atoms. The molecule has 2 unspecified atom stereocenters. The van der Waals surface area contributed by atoms with Crippen molar-refractivity contribution < 1.29 is 9.84 Å². The van der Waals surface area contributed by atoms with Gasteiger partial charge in [-0.1, -0.05) is 6.92 Å². The van der Waals surface area contributed by atoms with Gasteiger partial charge >= 0.3 is 0 Å². The molecule has 1 aromatic rings. The third-order valence-corrected chi connectivity index (χ3v) is 2.82. The number of aliphatic hydroxyl groups is 1. The van der Waals surface area contributed by atoms with E-state index in [-0.39, 0.29) is 18.6 Å². The quantitative estimate of drug-likeness (QED) is 0.789. The lowest BCUT2D eigenvalue weighted by Crippen LogP contribution is -2.27. The molecule has 1 aromatic heterocycles. The van der Waals surface area contributed by atoms with Gasteiger partial charge in [-0.15, -0.1) is 0 Å². The van der Waals surface area contributed by atoms with E-state index in [4.69, 9.17) is 9.84 Å². The number of aliphatic hydroxyl groups excluding tert-OH is 1. The van der Waals surface area contributed by atoms with E-state index in [1.807, 2.05) is 27.7 Å². The predicted octanol–water partition coefficient (Wildman–Crippen LogP) is 1.61. The molecule has 0 aromatic carbocycles. The third-order valence-electron chi connectivity index (χ3n) is 2.82.